The average molecular weight is 436 g/mol. The van der Waals surface area contributed by atoms with Crippen LogP contribution < -0.4 is 11.1 Å². The molecule has 3 heterocycles. The second kappa shape index (κ2) is 6.27. The lowest BCUT2D eigenvalue weighted by Gasteiger charge is -2.12. The second-order valence-electron chi connectivity index (χ2n) is 5.75. The van der Waals surface area contributed by atoms with E-state index in [2.05, 4.69) is 41.5 Å². The van der Waals surface area contributed by atoms with Gasteiger partial charge in [-0.3, -0.25) is 4.68 Å². The zero-order chi connectivity index (χ0) is 19.3. The van der Waals surface area contributed by atoms with E-state index < -0.39 is 11.6 Å². The normalized spacial score (nSPS) is 11.3. The molecule has 4 rings (SSSR count). The molecule has 8 nitrogen and oxygen atoms in total. The van der Waals surface area contributed by atoms with E-state index in [0.717, 1.165) is 0 Å². The summed E-state index contributed by atoms with van der Waals surface area (Å²) in [5, 5.41) is 14.2. The highest BCUT2D eigenvalue weighted by Gasteiger charge is 2.24. The molecule has 0 amide bonds. The maximum Gasteiger partial charge on any atom is 0.313 e. The molecular weight excluding hydrogens is 424 g/mol. The Morgan fingerprint density at radius 2 is 2.00 bits per heavy atom. The minimum Gasteiger partial charge on any atom is -0.402 e. The number of nitrogens with one attached hydrogen (secondary N) is 1. The van der Waals surface area contributed by atoms with E-state index in [9.17, 15) is 4.39 Å². The first-order chi connectivity index (χ1) is 12.8. The first-order valence-corrected chi connectivity index (χ1v) is 8.48. The van der Waals surface area contributed by atoms with Crippen molar-refractivity contribution in [2.75, 3.05) is 11.1 Å². The molecule has 0 saturated carbocycles. The Balaban J connectivity index is 1.97. The van der Waals surface area contributed by atoms with Gasteiger partial charge in [0.1, 0.15) is 22.5 Å². The number of nitrogens with zero attached hydrogens (tertiary/aromatic N) is 5. The van der Waals surface area contributed by atoms with Crippen LogP contribution >= 0.6 is 15.9 Å². The molecule has 3 aromatic heterocycles. The smallest absolute Gasteiger partial charge is 0.313 e. The summed E-state index contributed by atoms with van der Waals surface area (Å²) in [6.07, 6.45) is 0. The Hall–Kier alpha value is -3.08. The van der Waals surface area contributed by atoms with Crippen LogP contribution in [0.4, 0.5) is 26.2 Å². The number of hydrogen-bond donors (Lipinski definition) is 2. The summed E-state index contributed by atoms with van der Waals surface area (Å²) >= 11 is 3.18. The summed E-state index contributed by atoms with van der Waals surface area (Å²) < 4.78 is 36.8. The average Bonchev–Trinajstić information content (AvgIpc) is 3.17. The van der Waals surface area contributed by atoms with E-state index in [-0.39, 0.29) is 34.5 Å². The first-order valence-electron chi connectivity index (χ1n) is 7.69. The standard InChI is InChI=1S/C16H12BrF2N7O/c1-6-11-13(25-26(6)2)10(19)12(14(22-11)15-23-24-16(20)27-15)21-9-4-3-7(17)5-8(9)18/h3-5,21H,1-2H3,(H2,20,24). The molecule has 11 heteroatoms. The molecule has 0 spiro atoms. The lowest BCUT2D eigenvalue weighted by atomic mass is 10.2. The number of nitrogens with two attached hydrogens (primary N) is 1. The Bertz CT molecular complexity index is 1190. The highest BCUT2D eigenvalue weighted by Crippen LogP contribution is 2.36. The Kier molecular flexibility index (Phi) is 4.02. The van der Waals surface area contributed by atoms with E-state index in [1.165, 1.54) is 16.8 Å². The summed E-state index contributed by atoms with van der Waals surface area (Å²) in [6, 6.07) is 4.13. The van der Waals surface area contributed by atoms with E-state index in [4.69, 9.17) is 10.2 Å². The monoisotopic (exact) mass is 435 g/mol. The molecule has 0 aliphatic rings. The number of anilines is 3. The number of nitrogen functional groups attached to an aromatic ring is 1. The van der Waals surface area contributed by atoms with Gasteiger partial charge in [0.05, 0.1) is 11.4 Å². The van der Waals surface area contributed by atoms with Crippen LogP contribution in [0.1, 0.15) is 5.69 Å². The van der Waals surface area contributed by atoms with Crippen LogP contribution in [-0.2, 0) is 7.05 Å². The maximum absolute atomic E-state index is 15.3. The summed E-state index contributed by atoms with van der Waals surface area (Å²) in [4.78, 5) is 4.41. The van der Waals surface area contributed by atoms with Crippen LogP contribution in [0.15, 0.2) is 27.1 Å². The molecule has 0 aliphatic heterocycles. The van der Waals surface area contributed by atoms with Gasteiger partial charge in [0.2, 0.25) is 0 Å². The molecule has 0 saturated heterocycles. The van der Waals surface area contributed by atoms with Gasteiger partial charge in [-0.25, -0.2) is 13.8 Å². The molecule has 138 valence electrons. The molecule has 4 aromatic rings. The van der Waals surface area contributed by atoms with Crippen molar-refractivity contribution in [3.8, 4) is 11.6 Å². The van der Waals surface area contributed by atoms with E-state index in [0.29, 0.717) is 15.7 Å². The zero-order valence-corrected chi connectivity index (χ0v) is 15.7. The summed E-state index contributed by atoms with van der Waals surface area (Å²) in [5.74, 6) is -1.41. The van der Waals surface area contributed by atoms with Gasteiger partial charge in [-0.05, 0) is 25.1 Å². The molecule has 3 N–H and O–H groups in total. The predicted octanol–water partition coefficient (Wildman–Crippen LogP) is 3.69. The van der Waals surface area contributed by atoms with Crippen LogP contribution in [0.5, 0.6) is 0 Å². The van der Waals surface area contributed by atoms with E-state index in [1.807, 2.05) is 0 Å². The molecule has 27 heavy (non-hydrogen) atoms. The zero-order valence-electron chi connectivity index (χ0n) is 14.1. The molecule has 0 atom stereocenters. The van der Waals surface area contributed by atoms with Gasteiger partial charge in [0.25, 0.3) is 5.89 Å². The van der Waals surface area contributed by atoms with Gasteiger partial charge < -0.3 is 15.5 Å². The van der Waals surface area contributed by atoms with Crippen LogP contribution in [-0.4, -0.2) is 25.0 Å². The van der Waals surface area contributed by atoms with Crippen molar-refractivity contribution in [3.63, 3.8) is 0 Å². The lowest BCUT2D eigenvalue weighted by molar-refractivity contribution is 0.586. The third-order valence-corrected chi connectivity index (χ3v) is 4.52. The highest BCUT2D eigenvalue weighted by atomic mass is 79.9. The van der Waals surface area contributed by atoms with Crippen LogP contribution in [0.3, 0.4) is 0 Å². The molecule has 0 radical (unpaired) electrons. The topological polar surface area (TPSA) is 108 Å². The summed E-state index contributed by atoms with van der Waals surface area (Å²) in [6.45, 7) is 1.75. The summed E-state index contributed by atoms with van der Waals surface area (Å²) in [7, 11) is 1.67. The first kappa shape index (κ1) is 17.3. The number of benzene rings is 1. The number of fused-ring (bicyclic) bond motifs is 1. The van der Waals surface area contributed by atoms with Crippen molar-refractivity contribution in [2.24, 2.45) is 7.05 Å². The SMILES string of the molecule is Cc1c2nc(-c3nnc(N)o3)c(Nc3ccc(Br)cc3F)c(F)c2nn1C. The maximum atomic E-state index is 15.3. The van der Waals surface area contributed by atoms with Crippen molar-refractivity contribution < 1.29 is 13.2 Å². The second-order valence-corrected chi connectivity index (χ2v) is 6.67. The van der Waals surface area contributed by atoms with Crippen molar-refractivity contribution in [1.82, 2.24) is 25.0 Å². The Morgan fingerprint density at radius 3 is 2.67 bits per heavy atom. The third kappa shape index (κ3) is 2.89. The van der Waals surface area contributed by atoms with Crippen LogP contribution in [0.25, 0.3) is 22.6 Å². The Morgan fingerprint density at radius 1 is 1.22 bits per heavy atom. The van der Waals surface area contributed by atoms with Crippen LogP contribution in [0.2, 0.25) is 0 Å². The number of pyridine rings is 1. The van der Waals surface area contributed by atoms with Gasteiger partial charge in [-0.1, -0.05) is 21.0 Å². The van der Waals surface area contributed by atoms with Crippen molar-refractivity contribution in [1.29, 1.82) is 0 Å². The fourth-order valence-electron chi connectivity index (χ4n) is 2.59. The predicted molar refractivity (Wildman–Crippen MR) is 98.3 cm³/mol. The largest absolute Gasteiger partial charge is 0.402 e. The van der Waals surface area contributed by atoms with Gasteiger partial charge in [-0.2, -0.15) is 5.10 Å². The van der Waals surface area contributed by atoms with Crippen molar-refractivity contribution in [2.45, 2.75) is 6.92 Å². The van der Waals surface area contributed by atoms with Gasteiger partial charge in [0.15, 0.2) is 11.5 Å². The lowest BCUT2D eigenvalue weighted by Crippen LogP contribution is -2.02. The van der Waals surface area contributed by atoms with Gasteiger partial charge in [0, 0.05) is 11.5 Å². The fraction of sp³-hybridized carbons (Fsp3) is 0.125. The Labute approximate surface area is 159 Å². The summed E-state index contributed by atoms with van der Waals surface area (Å²) in [5.41, 5.74) is 6.37. The number of aromatic nitrogens is 5. The molecule has 0 bridgehead atoms. The number of hydrogen-bond acceptors (Lipinski definition) is 7. The molecule has 1 aromatic carbocycles. The minimum absolute atomic E-state index is 0.00242. The minimum atomic E-state index is -0.724. The number of halogens is 3. The third-order valence-electron chi connectivity index (χ3n) is 4.02. The quantitative estimate of drug-likeness (QED) is 0.504. The molecule has 0 aliphatic carbocycles. The fourth-order valence-corrected chi connectivity index (χ4v) is 2.93. The van der Waals surface area contributed by atoms with Crippen molar-refractivity contribution in [3.05, 3.63) is 40.0 Å². The van der Waals surface area contributed by atoms with Gasteiger partial charge in [-0.15, -0.1) is 5.10 Å². The molecular formula is C16H12BrF2N7O. The highest BCUT2D eigenvalue weighted by molar-refractivity contribution is 9.10. The van der Waals surface area contributed by atoms with Gasteiger partial charge >= 0.3 is 6.01 Å². The molecule has 0 unspecified atom stereocenters. The number of rotatable bonds is 3. The van der Waals surface area contributed by atoms with Crippen LogP contribution in [0, 0.1) is 18.6 Å². The number of aryl methyl sites for hydroxylation is 2. The van der Waals surface area contributed by atoms with Crippen molar-refractivity contribution >= 4 is 44.4 Å². The van der Waals surface area contributed by atoms with E-state index >= 15 is 4.39 Å². The molecule has 0 fully saturated rings. The van der Waals surface area contributed by atoms with E-state index in [1.54, 1.807) is 20.0 Å².